The smallest absolute Gasteiger partial charge is 0.240 e. The van der Waals surface area contributed by atoms with Crippen molar-refractivity contribution in [2.45, 2.75) is 12.8 Å². The molecule has 1 saturated heterocycles. The van der Waals surface area contributed by atoms with Crippen molar-refractivity contribution in [2.75, 3.05) is 32.6 Å². The molecule has 0 aromatic heterocycles. The number of carbonyl (C=O) groups excluding carboxylic acids is 1. The maximum Gasteiger partial charge on any atom is 0.240 e. The minimum atomic E-state index is -3.25. The summed E-state index contributed by atoms with van der Waals surface area (Å²) in [6, 6.07) is 2.04. The lowest BCUT2D eigenvalue weighted by Crippen LogP contribution is -2.45. The minimum absolute atomic E-state index is 0.114. The summed E-state index contributed by atoms with van der Waals surface area (Å²) in [5.74, 6) is -0.358. The second-order valence-corrected chi connectivity index (χ2v) is 6.06. The predicted octanol–water partition coefficient (Wildman–Crippen LogP) is -1.03. The quantitative estimate of drug-likeness (QED) is 0.624. The summed E-state index contributed by atoms with van der Waals surface area (Å²) in [6.45, 7) is 1.06. The number of hydrogen-bond donors (Lipinski definition) is 2. The lowest BCUT2D eigenvalue weighted by molar-refractivity contribution is -0.132. The van der Waals surface area contributed by atoms with Crippen molar-refractivity contribution in [3.63, 3.8) is 0 Å². The van der Waals surface area contributed by atoms with Crippen molar-refractivity contribution in [3.05, 3.63) is 0 Å². The zero-order valence-electron chi connectivity index (χ0n) is 10.2. The highest BCUT2D eigenvalue weighted by Gasteiger charge is 2.40. The van der Waals surface area contributed by atoms with Crippen molar-refractivity contribution in [3.8, 4) is 6.07 Å². The fourth-order valence-corrected chi connectivity index (χ4v) is 2.16. The average molecular weight is 275 g/mol. The molecule has 0 aliphatic carbocycles. The van der Waals surface area contributed by atoms with Gasteiger partial charge in [0.05, 0.1) is 12.3 Å². The maximum absolute atomic E-state index is 11.9. The highest BCUT2D eigenvalue weighted by Crippen LogP contribution is 2.29. The van der Waals surface area contributed by atoms with Gasteiger partial charge < -0.3 is 10.1 Å². The summed E-state index contributed by atoms with van der Waals surface area (Å²) < 4.78 is 29.0. The molecule has 1 aliphatic rings. The number of nitriles is 1. The Hall–Kier alpha value is -1.17. The van der Waals surface area contributed by atoms with Crippen LogP contribution in [-0.4, -0.2) is 46.9 Å². The number of amides is 1. The van der Waals surface area contributed by atoms with Crippen LogP contribution in [-0.2, 0) is 19.6 Å². The number of ether oxygens (including phenoxy) is 1. The molecule has 7 nitrogen and oxygen atoms in total. The number of nitrogens with zero attached hydrogens (tertiary/aromatic N) is 1. The molecule has 0 spiro atoms. The predicted molar refractivity (Wildman–Crippen MR) is 64.0 cm³/mol. The molecule has 8 heteroatoms. The zero-order chi connectivity index (χ0) is 13.6. The van der Waals surface area contributed by atoms with E-state index in [1.54, 1.807) is 0 Å². The average Bonchev–Trinajstić information content (AvgIpc) is 2.34. The van der Waals surface area contributed by atoms with Gasteiger partial charge in [0.1, 0.15) is 5.41 Å². The first-order chi connectivity index (χ1) is 8.40. The highest BCUT2D eigenvalue weighted by molar-refractivity contribution is 7.88. The molecule has 1 rings (SSSR count). The van der Waals surface area contributed by atoms with E-state index in [0.717, 1.165) is 6.26 Å². The molecular weight excluding hydrogens is 258 g/mol. The molecule has 0 atom stereocenters. The van der Waals surface area contributed by atoms with Gasteiger partial charge in [0.2, 0.25) is 15.9 Å². The van der Waals surface area contributed by atoms with E-state index in [9.17, 15) is 13.2 Å². The van der Waals surface area contributed by atoms with Gasteiger partial charge >= 0.3 is 0 Å². The van der Waals surface area contributed by atoms with Crippen LogP contribution in [0.4, 0.5) is 0 Å². The van der Waals surface area contributed by atoms with Crippen LogP contribution in [0.1, 0.15) is 12.8 Å². The topological polar surface area (TPSA) is 108 Å². The van der Waals surface area contributed by atoms with Crippen LogP contribution in [0, 0.1) is 16.7 Å². The van der Waals surface area contributed by atoms with Crippen LogP contribution in [0.15, 0.2) is 0 Å². The second-order valence-electron chi connectivity index (χ2n) is 4.23. The molecule has 0 aromatic carbocycles. The molecule has 0 saturated carbocycles. The van der Waals surface area contributed by atoms with Crippen LogP contribution in [0.3, 0.4) is 0 Å². The van der Waals surface area contributed by atoms with E-state index in [0.29, 0.717) is 26.1 Å². The lowest BCUT2D eigenvalue weighted by Gasteiger charge is -2.29. The van der Waals surface area contributed by atoms with Gasteiger partial charge in [-0.3, -0.25) is 4.79 Å². The molecule has 102 valence electrons. The van der Waals surface area contributed by atoms with Crippen molar-refractivity contribution in [2.24, 2.45) is 5.41 Å². The van der Waals surface area contributed by atoms with Crippen molar-refractivity contribution in [1.82, 2.24) is 10.0 Å². The van der Waals surface area contributed by atoms with E-state index >= 15 is 0 Å². The van der Waals surface area contributed by atoms with Crippen LogP contribution in [0.25, 0.3) is 0 Å². The van der Waals surface area contributed by atoms with Crippen LogP contribution < -0.4 is 10.0 Å². The van der Waals surface area contributed by atoms with Gasteiger partial charge in [-0.05, 0) is 12.8 Å². The molecule has 0 aromatic rings. The number of rotatable bonds is 5. The Labute approximate surface area is 107 Å². The van der Waals surface area contributed by atoms with E-state index in [4.69, 9.17) is 10.00 Å². The summed E-state index contributed by atoms with van der Waals surface area (Å²) >= 11 is 0. The Morgan fingerprint density at radius 1 is 1.39 bits per heavy atom. The van der Waals surface area contributed by atoms with Gasteiger partial charge in [-0.2, -0.15) is 5.26 Å². The first-order valence-corrected chi connectivity index (χ1v) is 7.51. The Balaban J connectivity index is 2.42. The molecule has 0 radical (unpaired) electrons. The van der Waals surface area contributed by atoms with Crippen molar-refractivity contribution in [1.29, 1.82) is 5.26 Å². The first-order valence-electron chi connectivity index (χ1n) is 5.62. The third-order valence-corrected chi connectivity index (χ3v) is 3.50. The van der Waals surface area contributed by atoms with E-state index in [-0.39, 0.29) is 19.0 Å². The largest absolute Gasteiger partial charge is 0.381 e. The molecule has 18 heavy (non-hydrogen) atoms. The van der Waals surface area contributed by atoms with Crippen molar-refractivity contribution >= 4 is 15.9 Å². The van der Waals surface area contributed by atoms with E-state index in [1.165, 1.54) is 0 Å². The maximum atomic E-state index is 11.9. The third-order valence-electron chi connectivity index (χ3n) is 2.77. The van der Waals surface area contributed by atoms with Crippen molar-refractivity contribution < 1.29 is 17.9 Å². The molecule has 2 N–H and O–H groups in total. The fraction of sp³-hybridized carbons (Fsp3) is 0.800. The van der Waals surface area contributed by atoms with Gasteiger partial charge in [-0.15, -0.1) is 0 Å². The van der Waals surface area contributed by atoms with Gasteiger partial charge in [-0.25, -0.2) is 13.1 Å². The number of carbonyl (C=O) groups is 1. The number of sulfonamides is 1. The van der Waals surface area contributed by atoms with Crippen LogP contribution >= 0.6 is 0 Å². The standard InChI is InChI=1S/C10H17N3O4S/c1-18(15,16)13-5-4-12-9(14)10(8-11)2-6-17-7-3-10/h13H,2-7H2,1H3,(H,12,14). The Morgan fingerprint density at radius 3 is 2.50 bits per heavy atom. The summed E-state index contributed by atoms with van der Waals surface area (Å²) in [7, 11) is -3.25. The fourth-order valence-electron chi connectivity index (χ4n) is 1.69. The second kappa shape index (κ2) is 6.13. The monoisotopic (exact) mass is 275 g/mol. The van der Waals surface area contributed by atoms with Gasteiger partial charge in [-0.1, -0.05) is 0 Å². The van der Waals surface area contributed by atoms with Crippen LogP contribution in [0.2, 0.25) is 0 Å². The molecular formula is C10H17N3O4S. The van der Waals surface area contributed by atoms with Gasteiger partial charge in [0.15, 0.2) is 0 Å². The third kappa shape index (κ3) is 4.25. The summed E-state index contributed by atoms with van der Waals surface area (Å²) in [6.07, 6.45) is 1.79. The number of hydrogen-bond acceptors (Lipinski definition) is 5. The first kappa shape index (κ1) is 14.9. The Bertz CT molecular complexity index is 435. The number of nitrogens with one attached hydrogen (secondary N) is 2. The van der Waals surface area contributed by atoms with E-state index < -0.39 is 15.4 Å². The summed E-state index contributed by atoms with van der Waals surface area (Å²) in [5.41, 5.74) is -1.04. The zero-order valence-corrected chi connectivity index (χ0v) is 11.0. The molecule has 0 bridgehead atoms. The van der Waals surface area contributed by atoms with E-state index in [1.807, 2.05) is 6.07 Å². The van der Waals surface area contributed by atoms with Gasteiger partial charge in [0.25, 0.3) is 0 Å². The van der Waals surface area contributed by atoms with E-state index in [2.05, 4.69) is 10.0 Å². The molecule has 1 aliphatic heterocycles. The summed E-state index contributed by atoms with van der Waals surface area (Å²) in [4.78, 5) is 11.9. The summed E-state index contributed by atoms with van der Waals surface area (Å²) in [5, 5.41) is 11.7. The highest BCUT2D eigenvalue weighted by atomic mass is 32.2. The molecule has 1 heterocycles. The molecule has 0 unspecified atom stereocenters. The molecule has 1 amide bonds. The molecule has 1 fully saturated rings. The van der Waals surface area contributed by atoms with Crippen LogP contribution in [0.5, 0.6) is 0 Å². The Morgan fingerprint density at radius 2 is 2.00 bits per heavy atom. The minimum Gasteiger partial charge on any atom is -0.381 e. The Kier molecular flexibility index (Phi) is 5.07. The lowest BCUT2D eigenvalue weighted by atomic mass is 9.81. The van der Waals surface area contributed by atoms with Gasteiger partial charge in [0, 0.05) is 26.3 Å². The SMILES string of the molecule is CS(=O)(=O)NCCNC(=O)C1(C#N)CCOCC1. The normalized spacial score (nSPS) is 18.9.